The van der Waals surface area contributed by atoms with Crippen LogP contribution in [0.2, 0.25) is 0 Å². The Bertz CT molecular complexity index is 523. The van der Waals surface area contributed by atoms with E-state index in [1.807, 2.05) is 0 Å². The lowest BCUT2D eigenvalue weighted by Gasteiger charge is -2.21. The van der Waals surface area contributed by atoms with Gasteiger partial charge in [-0.05, 0) is 24.7 Å². The fourth-order valence-electron chi connectivity index (χ4n) is 1.88. The van der Waals surface area contributed by atoms with Crippen LogP contribution < -0.4 is 10.1 Å². The van der Waals surface area contributed by atoms with Crippen molar-refractivity contribution in [1.29, 1.82) is 0 Å². The van der Waals surface area contributed by atoms with Crippen molar-refractivity contribution in [2.24, 2.45) is 0 Å². The molecule has 0 aliphatic carbocycles. The van der Waals surface area contributed by atoms with Crippen LogP contribution in [0.1, 0.15) is 5.56 Å². The first-order valence-electron chi connectivity index (χ1n) is 6.98. The number of benzene rings is 1. The van der Waals surface area contributed by atoms with Crippen molar-refractivity contribution in [3.8, 4) is 5.75 Å². The van der Waals surface area contributed by atoms with Crippen LogP contribution in [0.4, 0.5) is 8.78 Å². The second-order valence-electron chi connectivity index (χ2n) is 5.12. The lowest BCUT2D eigenvalue weighted by molar-refractivity contribution is -0.135. The zero-order valence-corrected chi connectivity index (χ0v) is 13.4. The molecule has 1 N–H and O–H groups in total. The fraction of sp³-hybridized carbons (Fsp3) is 0.467. The fourth-order valence-corrected chi connectivity index (χ4v) is 1.88. The quantitative estimate of drug-likeness (QED) is 0.771. The first-order valence-corrected chi connectivity index (χ1v) is 6.98. The van der Waals surface area contributed by atoms with Crippen molar-refractivity contribution in [1.82, 2.24) is 15.1 Å². The van der Waals surface area contributed by atoms with E-state index >= 15 is 0 Å². The maximum Gasteiger partial charge on any atom is 0.387 e. The van der Waals surface area contributed by atoms with Crippen molar-refractivity contribution >= 4 is 11.8 Å². The highest BCUT2D eigenvalue weighted by molar-refractivity contribution is 5.85. The third-order valence-corrected chi connectivity index (χ3v) is 3.09. The van der Waals surface area contributed by atoms with E-state index in [4.69, 9.17) is 0 Å². The average molecular weight is 329 g/mol. The molecular formula is C15H21F2N3O3. The SMILES string of the molecule is CNC(=O)CN(C)C(=O)CN(C)Cc1ccc(OC(F)F)cc1. The predicted molar refractivity (Wildman–Crippen MR) is 81.1 cm³/mol. The molecule has 6 nitrogen and oxygen atoms in total. The van der Waals surface area contributed by atoms with Crippen molar-refractivity contribution in [2.75, 3.05) is 34.2 Å². The summed E-state index contributed by atoms with van der Waals surface area (Å²) in [7, 11) is 4.82. The van der Waals surface area contributed by atoms with E-state index in [1.54, 1.807) is 31.1 Å². The van der Waals surface area contributed by atoms with Gasteiger partial charge in [-0.1, -0.05) is 12.1 Å². The maximum absolute atomic E-state index is 12.1. The van der Waals surface area contributed by atoms with Gasteiger partial charge >= 0.3 is 6.61 Å². The minimum Gasteiger partial charge on any atom is -0.435 e. The summed E-state index contributed by atoms with van der Waals surface area (Å²) in [5.41, 5.74) is 0.857. The molecule has 1 aromatic carbocycles. The molecule has 0 aliphatic heterocycles. The van der Waals surface area contributed by atoms with Gasteiger partial charge in [-0.2, -0.15) is 8.78 Å². The van der Waals surface area contributed by atoms with Crippen LogP contribution in [-0.4, -0.2) is 62.5 Å². The summed E-state index contributed by atoms with van der Waals surface area (Å²) < 4.78 is 28.4. The molecule has 128 valence electrons. The van der Waals surface area contributed by atoms with E-state index in [0.717, 1.165) is 5.56 Å². The number of carbonyl (C=O) groups excluding carboxylic acids is 2. The highest BCUT2D eigenvalue weighted by Crippen LogP contribution is 2.15. The van der Waals surface area contributed by atoms with Gasteiger partial charge in [-0.3, -0.25) is 14.5 Å². The van der Waals surface area contributed by atoms with E-state index in [1.165, 1.54) is 24.1 Å². The second-order valence-corrected chi connectivity index (χ2v) is 5.12. The maximum atomic E-state index is 12.1. The van der Waals surface area contributed by atoms with E-state index in [2.05, 4.69) is 10.1 Å². The molecule has 1 aromatic rings. The molecule has 0 fully saturated rings. The van der Waals surface area contributed by atoms with Crippen LogP contribution in [0.5, 0.6) is 5.75 Å². The van der Waals surface area contributed by atoms with Crippen molar-refractivity contribution in [3.05, 3.63) is 29.8 Å². The van der Waals surface area contributed by atoms with Gasteiger partial charge in [0, 0.05) is 20.6 Å². The minimum atomic E-state index is -2.85. The zero-order chi connectivity index (χ0) is 17.4. The third kappa shape index (κ3) is 7.05. The average Bonchev–Trinajstić information content (AvgIpc) is 2.48. The van der Waals surface area contributed by atoms with Crippen LogP contribution in [0.25, 0.3) is 0 Å². The Labute approximate surface area is 134 Å². The van der Waals surface area contributed by atoms with Gasteiger partial charge in [0.25, 0.3) is 0 Å². The molecule has 23 heavy (non-hydrogen) atoms. The van der Waals surface area contributed by atoms with Crippen molar-refractivity contribution < 1.29 is 23.1 Å². The van der Waals surface area contributed by atoms with E-state index in [9.17, 15) is 18.4 Å². The minimum absolute atomic E-state index is 0.00281. The standard InChI is InChI=1S/C15H21F2N3O3/c1-18-13(21)9-20(3)14(22)10-19(2)8-11-4-6-12(7-5-11)23-15(16)17/h4-7,15H,8-10H2,1-3H3,(H,18,21). The van der Waals surface area contributed by atoms with Gasteiger partial charge in [0.05, 0.1) is 13.1 Å². The van der Waals surface area contributed by atoms with Gasteiger partial charge in [0.15, 0.2) is 0 Å². The summed E-state index contributed by atoms with van der Waals surface area (Å²) >= 11 is 0. The molecule has 1 rings (SSSR count). The highest BCUT2D eigenvalue weighted by Gasteiger charge is 2.14. The summed E-state index contributed by atoms with van der Waals surface area (Å²) in [6.07, 6.45) is 0. The van der Waals surface area contributed by atoms with E-state index in [0.29, 0.717) is 6.54 Å². The number of carbonyl (C=O) groups is 2. The Hall–Kier alpha value is -2.22. The molecular weight excluding hydrogens is 308 g/mol. The number of likely N-dealkylation sites (N-methyl/N-ethyl adjacent to an activating group) is 3. The molecule has 8 heteroatoms. The van der Waals surface area contributed by atoms with Gasteiger partial charge in [-0.25, -0.2) is 0 Å². The molecule has 0 aromatic heterocycles. The van der Waals surface area contributed by atoms with Gasteiger partial charge in [0.1, 0.15) is 5.75 Å². The zero-order valence-electron chi connectivity index (χ0n) is 13.4. The number of ether oxygens (including phenoxy) is 1. The molecule has 0 saturated carbocycles. The molecule has 0 aliphatic rings. The smallest absolute Gasteiger partial charge is 0.387 e. The molecule has 0 heterocycles. The van der Waals surface area contributed by atoms with Gasteiger partial charge < -0.3 is 15.0 Å². The largest absolute Gasteiger partial charge is 0.435 e. The highest BCUT2D eigenvalue weighted by atomic mass is 19.3. The summed E-state index contributed by atoms with van der Waals surface area (Å²) in [4.78, 5) is 26.3. The molecule has 0 saturated heterocycles. The lowest BCUT2D eigenvalue weighted by Crippen LogP contribution is -2.41. The molecule has 0 radical (unpaired) electrons. The molecule has 0 bridgehead atoms. The van der Waals surface area contributed by atoms with Crippen LogP contribution in [0, 0.1) is 0 Å². The van der Waals surface area contributed by atoms with Crippen molar-refractivity contribution in [2.45, 2.75) is 13.2 Å². The Morgan fingerprint density at radius 3 is 2.30 bits per heavy atom. The van der Waals surface area contributed by atoms with Crippen molar-refractivity contribution in [3.63, 3.8) is 0 Å². The normalized spacial score (nSPS) is 10.7. The number of alkyl halides is 2. The number of nitrogens with zero attached hydrogens (tertiary/aromatic N) is 2. The first kappa shape index (κ1) is 18.8. The third-order valence-electron chi connectivity index (χ3n) is 3.09. The number of halogens is 2. The van der Waals surface area contributed by atoms with Gasteiger partial charge in [-0.15, -0.1) is 0 Å². The van der Waals surface area contributed by atoms with E-state index in [-0.39, 0.29) is 30.7 Å². The monoisotopic (exact) mass is 329 g/mol. The number of hydrogen-bond donors (Lipinski definition) is 1. The molecule has 2 amide bonds. The Morgan fingerprint density at radius 2 is 1.78 bits per heavy atom. The lowest BCUT2D eigenvalue weighted by atomic mass is 10.2. The van der Waals surface area contributed by atoms with Gasteiger partial charge in [0.2, 0.25) is 11.8 Å². The number of nitrogens with one attached hydrogen (secondary N) is 1. The Balaban J connectivity index is 2.47. The Kier molecular flexibility index (Phi) is 7.40. The molecule has 0 spiro atoms. The summed E-state index contributed by atoms with van der Waals surface area (Å²) in [6.45, 7) is -2.24. The predicted octanol–water partition coefficient (Wildman–Crippen LogP) is 0.924. The second kappa shape index (κ2) is 9.04. The van der Waals surface area contributed by atoms with Crippen LogP contribution in [0.3, 0.4) is 0 Å². The summed E-state index contributed by atoms with van der Waals surface area (Å²) in [5.74, 6) is -0.334. The van der Waals surface area contributed by atoms with Crippen LogP contribution in [-0.2, 0) is 16.1 Å². The van der Waals surface area contributed by atoms with E-state index < -0.39 is 6.61 Å². The number of amides is 2. The summed E-state index contributed by atoms with van der Waals surface area (Å²) in [5, 5.41) is 2.45. The molecule has 0 atom stereocenters. The number of rotatable bonds is 8. The number of hydrogen-bond acceptors (Lipinski definition) is 4. The molecule has 0 unspecified atom stereocenters. The topological polar surface area (TPSA) is 61.9 Å². The Morgan fingerprint density at radius 1 is 1.17 bits per heavy atom. The van der Waals surface area contributed by atoms with Crippen LogP contribution in [0.15, 0.2) is 24.3 Å². The first-order chi connectivity index (χ1) is 10.8. The van der Waals surface area contributed by atoms with Crippen LogP contribution >= 0.6 is 0 Å². The summed E-state index contributed by atoms with van der Waals surface area (Å²) in [6, 6.07) is 6.23.